The number of nitrogens with two attached hydrogens (primary N) is 1. The highest BCUT2D eigenvalue weighted by atomic mass is 19.4. The molecular formula is C38H48F3N5O6. The number of benzene rings is 3. The second-order valence-corrected chi connectivity index (χ2v) is 12.2. The van der Waals surface area contributed by atoms with E-state index in [9.17, 15) is 22.8 Å². The number of nitrogens with one attached hydrogen (secondary N) is 1. The number of unbranched alkanes of at least 4 members (excludes halogenated alkanes) is 1. The monoisotopic (exact) mass is 727 g/mol. The SMILES string of the molecule is CCCCN=C(N)NC(=O)CCc1ccc(-c2ccc(CN3CCN(Cc4ccccc4)C(=O)C3)cc2)c(OCCCOC)c1.O=C(O)C(F)(F)F. The van der Waals surface area contributed by atoms with Gasteiger partial charge in [0.2, 0.25) is 11.8 Å². The highest BCUT2D eigenvalue weighted by Gasteiger charge is 2.38. The number of methoxy groups -OCH3 is 1. The Morgan fingerprint density at radius 1 is 0.942 bits per heavy atom. The number of alkyl halides is 3. The van der Waals surface area contributed by atoms with E-state index in [0.717, 1.165) is 72.5 Å². The molecule has 11 nitrogen and oxygen atoms in total. The van der Waals surface area contributed by atoms with Crippen LogP contribution in [0.3, 0.4) is 0 Å². The van der Waals surface area contributed by atoms with Crippen molar-refractivity contribution in [2.75, 3.05) is 46.5 Å². The van der Waals surface area contributed by atoms with Gasteiger partial charge in [0.25, 0.3) is 0 Å². The molecule has 0 unspecified atom stereocenters. The number of aliphatic carboxylic acids is 1. The number of hydrogen-bond acceptors (Lipinski definition) is 7. The number of carbonyl (C=O) groups is 3. The van der Waals surface area contributed by atoms with Crippen LogP contribution in [0.4, 0.5) is 13.2 Å². The van der Waals surface area contributed by atoms with Gasteiger partial charge in [-0.3, -0.25) is 24.8 Å². The Hall–Kier alpha value is -4.95. The van der Waals surface area contributed by atoms with E-state index in [2.05, 4.69) is 64.6 Å². The van der Waals surface area contributed by atoms with Crippen molar-refractivity contribution in [3.05, 3.63) is 89.5 Å². The number of aryl methyl sites for hydroxylation is 1. The zero-order valence-electron chi connectivity index (χ0n) is 29.7. The molecule has 0 aliphatic carbocycles. The molecule has 0 radical (unpaired) electrons. The summed E-state index contributed by atoms with van der Waals surface area (Å²) < 4.78 is 43.1. The fraction of sp³-hybridized carbons (Fsp3) is 0.421. The molecule has 282 valence electrons. The molecule has 14 heteroatoms. The maximum absolute atomic E-state index is 12.8. The highest BCUT2D eigenvalue weighted by molar-refractivity contribution is 5.96. The Morgan fingerprint density at radius 3 is 2.25 bits per heavy atom. The number of ether oxygens (including phenoxy) is 2. The lowest BCUT2D eigenvalue weighted by molar-refractivity contribution is -0.192. The van der Waals surface area contributed by atoms with Gasteiger partial charge in [-0.2, -0.15) is 13.2 Å². The molecule has 0 aromatic heterocycles. The third-order valence-corrected chi connectivity index (χ3v) is 8.03. The predicted molar refractivity (Wildman–Crippen MR) is 193 cm³/mol. The number of amides is 2. The lowest BCUT2D eigenvalue weighted by Gasteiger charge is -2.34. The molecule has 4 rings (SSSR count). The van der Waals surface area contributed by atoms with Crippen LogP contribution in [0.15, 0.2) is 77.8 Å². The Bertz CT molecular complexity index is 1600. The van der Waals surface area contributed by atoms with Crippen molar-refractivity contribution in [3.8, 4) is 16.9 Å². The summed E-state index contributed by atoms with van der Waals surface area (Å²) in [5, 5.41) is 9.80. The van der Waals surface area contributed by atoms with Gasteiger partial charge in [0.15, 0.2) is 5.96 Å². The number of rotatable bonds is 16. The number of carboxylic acids is 1. The Labute approximate surface area is 302 Å². The van der Waals surface area contributed by atoms with E-state index in [1.54, 1.807) is 7.11 Å². The minimum atomic E-state index is -5.08. The van der Waals surface area contributed by atoms with Crippen molar-refractivity contribution in [1.29, 1.82) is 0 Å². The van der Waals surface area contributed by atoms with Gasteiger partial charge in [-0.15, -0.1) is 0 Å². The van der Waals surface area contributed by atoms with Crippen molar-refractivity contribution >= 4 is 23.7 Å². The fourth-order valence-electron chi connectivity index (χ4n) is 5.24. The minimum absolute atomic E-state index is 0.158. The van der Waals surface area contributed by atoms with Crippen molar-refractivity contribution < 1.29 is 42.1 Å². The molecular weight excluding hydrogens is 679 g/mol. The molecule has 3 aromatic rings. The average molecular weight is 728 g/mol. The molecule has 3 aromatic carbocycles. The molecule has 1 heterocycles. The van der Waals surface area contributed by atoms with Gasteiger partial charge in [0.05, 0.1) is 13.2 Å². The van der Waals surface area contributed by atoms with Crippen LogP contribution in [-0.2, 0) is 38.6 Å². The molecule has 0 spiro atoms. The topological polar surface area (TPSA) is 147 Å². The summed E-state index contributed by atoms with van der Waals surface area (Å²) in [6.07, 6.45) is -1.50. The maximum Gasteiger partial charge on any atom is 0.490 e. The average Bonchev–Trinajstić information content (AvgIpc) is 3.11. The van der Waals surface area contributed by atoms with Crippen LogP contribution in [-0.4, -0.2) is 91.3 Å². The third-order valence-electron chi connectivity index (χ3n) is 8.03. The maximum atomic E-state index is 12.8. The third kappa shape index (κ3) is 14.7. The van der Waals surface area contributed by atoms with Gasteiger partial charge < -0.3 is 25.2 Å². The van der Waals surface area contributed by atoms with Crippen LogP contribution in [0, 0.1) is 0 Å². The molecule has 2 amide bonds. The zero-order chi connectivity index (χ0) is 37.9. The number of carbonyl (C=O) groups excluding carboxylic acids is 2. The number of guanidine groups is 1. The standard InChI is InChI=1S/C36H47N5O4.C2HF3O2/c1-3-4-19-38-36(37)39-34(42)18-14-28-13-17-32(33(24-28)45-23-8-22-44-2)31-15-11-30(12-16-31)25-40-20-21-41(35(43)27-40)26-29-9-6-5-7-10-29;3-2(4,5)1(6)7/h5-7,9-13,15-17,24H,3-4,8,14,18-23,25-27H2,1-2H3,(H3,37,38,39,42);(H,6,7). The van der Waals surface area contributed by atoms with E-state index in [1.807, 2.05) is 35.2 Å². The van der Waals surface area contributed by atoms with E-state index in [1.165, 1.54) is 0 Å². The normalized spacial score (nSPS) is 13.7. The molecule has 1 aliphatic heterocycles. The molecule has 4 N–H and O–H groups in total. The molecule has 0 saturated carbocycles. The van der Waals surface area contributed by atoms with Crippen molar-refractivity contribution in [1.82, 2.24) is 15.1 Å². The van der Waals surface area contributed by atoms with E-state index < -0.39 is 12.1 Å². The molecule has 1 aliphatic rings. The van der Waals surface area contributed by atoms with Crippen LogP contribution in [0.25, 0.3) is 11.1 Å². The van der Waals surface area contributed by atoms with Gasteiger partial charge in [0.1, 0.15) is 5.75 Å². The van der Waals surface area contributed by atoms with Gasteiger partial charge in [0, 0.05) is 64.8 Å². The fourth-order valence-corrected chi connectivity index (χ4v) is 5.24. The highest BCUT2D eigenvalue weighted by Crippen LogP contribution is 2.32. The van der Waals surface area contributed by atoms with Gasteiger partial charge >= 0.3 is 12.1 Å². The van der Waals surface area contributed by atoms with Crippen LogP contribution in [0.5, 0.6) is 5.75 Å². The summed E-state index contributed by atoms with van der Waals surface area (Å²) in [6.45, 7) is 7.22. The Morgan fingerprint density at radius 2 is 1.62 bits per heavy atom. The van der Waals surface area contributed by atoms with E-state index >= 15 is 0 Å². The van der Waals surface area contributed by atoms with E-state index in [4.69, 9.17) is 25.1 Å². The van der Waals surface area contributed by atoms with Crippen molar-refractivity contribution in [2.24, 2.45) is 10.7 Å². The first-order valence-electron chi connectivity index (χ1n) is 17.2. The summed E-state index contributed by atoms with van der Waals surface area (Å²) in [7, 11) is 1.68. The number of halogens is 3. The van der Waals surface area contributed by atoms with E-state index in [0.29, 0.717) is 45.7 Å². The first-order valence-corrected chi connectivity index (χ1v) is 17.2. The minimum Gasteiger partial charge on any atom is -0.493 e. The number of nitrogens with zero attached hydrogens (tertiary/aromatic N) is 3. The molecule has 0 bridgehead atoms. The van der Waals surface area contributed by atoms with E-state index in [-0.39, 0.29) is 17.8 Å². The number of aliphatic imine (C=N–C) groups is 1. The van der Waals surface area contributed by atoms with Crippen LogP contribution < -0.4 is 15.8 Å². The van der Waals surface area contributed by atoms with Gasteiger partial charge in [-0.25, -0.2) is 4.79 Å². The summed E-state index contributed by atoms with van der Waals surface area (Å²) in [5.74, 6) is -1.80. The van der Waals surface area contributed by atoms with Crippen LogP contribution in [0.2, 0.25) is 0 Å². The van der Waals surface area contributed by atoms with Crippen LogP contribution >= 0.6 is 0 Å². The molecule has 1 saturated heterocycles. The molecule has 1 fully saturated rings. The smallest absolute Gasteiger partial charge is 0.490 e. The zero-order valence-corrected chi connectivity index (χ0v) is 29.7. The first-order chi connectivity index (χ1) is 24.9. The summed E-state index contributed by atoms with van der Waals surface area (Å²) in [6, 6.07) is 24.7. The van der Waals surface area contributed by atoms with Crippen LogP contribution in [0.1, 0.15) is 49.3 Å². The van der Waals surface area contributed by atoms with Gasteiger partial charge in [-0.1, -0.05) is 80.1 Å². The number of piperazine rings is 1. The molecule has 0 atom stereocenters. The lowest BCUT2D eigenvalue weighted by atomic mass is 9.99. The Balaban J connectivity index is 0.000000944. The predicted octanol–water partition coefficient (Wildman–Crippen LogP) is 5.41. The quantitative estimate of drug-likeness (QED) is 0.101. The second-order valence-electron chi connectivity index (χ2n) is 12.2. The Kier molecular flexibility index (Phi) is 17.1. The van der Waals surface area contributed by atoms with Gasteiger partial charge in [-0.05, 0) is 41.2 Å². The number of hydrogen-bond donors (Lipinski definition) is 3. The van der Waals surface area contributed by atoms with Crippen molar-refractivity contribution in [2.45, 2.75) is 58.3 Å². The summed E-state index contributed by atoms with van der Waals surface area (Å²) in [5.41, 5.74) is 11.2. The summed E-state index contributed by atoms with van der Waals surface area (Å²) >= 11 is 0. The number of carboxylic acid groups (broad SMARTS) is 1. The lowest BCUT2D eigenvalue weighted by Crippen LogP contribution is -2.49. The molecule has 52 heavy (non-hydrogen) atoms. The first kappa shape index (κ1) is 41.5. The van der Waals surface area contributed by atoms with Crippen molar-refractivity contribution in [3.63, 3.8) is 0 Å². The largest absolute Gasteiger partial charge is 0.493 e. The summed E-state index contributed by atoms with van der Waals surface area (Å²) in [4.78, 5) is 42.5. The second kappa shape index (κ2) is 21.4.